The van der Waals surface area contributed by atoms with Gasteiger partial charge in [-0.15, -0.1) is 0 Å². The predicted octanol–water partition coefficient (Wildman–Crippen LogP) is 2.86. The van der Waals surface area contributed by atoms with Gasteiger partial charge in [0.25, 0.3) is 11.6 Å². The lowest BCUT2D eigenvalue weighted by Crippen LogP contribution is -2.26. The lowest BCUT2D eigenvalue weighted by molar-refractivity contribution is -0.384. The van der Waals surface area contributed by atoms with Crippen LogP contribution in [-0.4, -0.2) is 23.1 Å². The van der Waals surface area contributed by atoms with Crippen molar-refractivity contribution in [2.75, 3.05) is 11.9 Å². The van der Waals surface area contributed by atoms with Crippen LogP contribution < -0.4 is 10.7 Å². The number of rotatable bonds is 6. The Morgan fingerprint density at radius 2 is 1.92 bits per heavy atom. The summed E-state index contributed by atoms with van der Waals surface area (Å²) in [5, 5.41) is 17.6. The number of nitro groups is 1. The quantitative estimate of drug-likeness (QED) is 0.484. The Balaban J connectivity index is 1.89. The van der Waals surface area contributed by atoms with Crippen LogP contribution in [0.4, 0.5) is 11.4 Å². The maximum absolute atomic E-state index is 11.8. The number of amides is 1. The van der Waals surface area contributed by atoms with E-state index in [1.54, 1.807) is 19.1 Å². The molecule has 0 radical (unpaired) electrons. The first-order valence-electron chi connectivity index (χ1n) is 7.34. The molecule has 0 saturated heterocycles. The van der Waals surface area contributed by atoms with E-state index in [-0.39, 0.29) is 18.1 Å². The molecule has 0 saturated carbocycles. The Bertz CT molecular complexity index is 770. The third-order valence-electron chi connectivity index (χ3n) is 3.32. The highest BCUT2D eigenvalue weighted by atomic mass is 16.6. The second-order valence-electron chi connectivity index (χ2n) is 5.26. The van der Waals surface area contributed by atoms with Crippen molar-refractivity contribution < 1.29 is 9.72 Å². The summed E-state index contributed by atoms with van der Waals surface area (Å²) >= 11 is 0. The Morgan fingerprint density at radius 3 is 2.54 bits per heavy atom. The fourth-order valence-electron chi connectivity index (χ4n) is 2.01. The van der Waals surface area contributed by atoms with Crippen LogP contribution in [0.1, 0.15) is 18.1 Å². The third-order valence-corrected chi connectivity index (χ3v) is 3.32. The van der Waals surface area contributed by atoms with Crippen molar-refractivity contribution in [2.24, 2.45) is 5.10 Å². The molecule has 24 heavy (non-hydrogen) atoms. The van der Waals surface area contributed by atoms with Crippen molar-refractivity contribution in [1.82, 2.24) is 5.43 Å². The van der Waals surface area contributed by atoms with Crippen LogP contribution in [0, 0.1) is 17.0 Å². The van der Waals surface area contributed by atoms with Gasteiger partial charge in [-0.05, 0) is 49.2 Å². The number of nitrogens with zero attached hydrogens (tertiary/aromatic N) is 2. The third kappa shape index (κ3) is 4.91. The number of hydrogen-bond acceptors (Lipinski definition) is 5. The standard InChI is InChI=1S/C17H18N4O3/c1-12-4-3-5-15(10-12)18-11-17(22)20-19-13(2)14-6-8-16(9-7-14)21(23)24/h3-10,18H,11H2,1-2H3,(H,20,22)/b19-13-. The number of non-ortho nitro benzene ring substituents is 1. The van der Waals surface area contributed by atoms with E-state index in [0.717, 1.165) is 11.3 Å². The SMILES string of the molecule is C/C(=N/NC(=O)CNc1cccc(C)c1)c1ccc([N+](=O)[O-])cc1. The van der Waals surface area contributed by atoms with E-state index in [1.807, 2.05) is 31.2 Å². The molecule has 1 amide bonds. The minimum Gasteiger partial charge on any atom is -0.376 e. The van der Waals surface area contributed by atoms with Gasteiger partial charge in [0.2, 0.25) is 0 Å². The molecule has 2 aromatic rings. The number of carbonyl (C=O) groups is 1. The van der Waals surface area contributed by atoms with E-state index >= 15 is 0 Å². The van der Waals surface area contributed by atoms with Gasteiger partial charge in [0.15, 0.2) is 0 Å². The summed E-state index contributed by atoms with van der Waals surface area (Å²) in [4.78, 5) is 22.0. The molecule has 7 heteroatoms. The van der Waals surface area contributed by atoms with Crippen molar-refractivity contribution in [1.29, 1.82) is 0 Å². The molecule has 0 heterocycles. The molecule has 0 spiro atoms. The largest absolute Gasteiger partial charge is 0.376 e. The molecule has 124 valence electrons. The van der Waals surface area contributed by atoms with E-state index in [1.165, 1.54) is 12.1 Å². The number of benzene rings is 2. The van der Waals surface area contributed by atoms with Crippen LogP contribution in [0.25, 0.3) is 0 Å². The molecule has 0 bridgehead atoms. The fourth-order valence-corrected chi connectivity index (χ4v) is 2.01. The van der Waals surface area contributed by atoms with E-state index in [2.05, 4.69) is 15.8 Å². The van der Waals surface area contributed by atoms with E-state index in [4.69, 9.17) is 0 Å². The molecule has 0 aliphatic rings. The smallest absolute Gasteiger partial charge is 0.269 e. The summed E-state index contributed by atoms with van der Waals surface area (Å²) in [5.74, 6) is -0.280. The van der Waals surface area contributed by atoms with Crippen LogP contribution in [-0.2, 0) is 4.79 Å². The van der Waals surface area contributed by atoms with Gasteiger partial charge < -0.3 is 5.32 Å². The minimum atomic E-state index is -0.463. The molecular weight excluding hydrogens is 308 g/mol. The van der Waals surface area contributed by atoms with Gasteiger partial charge in [-0.25, -0.2) is 5.43 Å². The Kier molecular flexibility index (Phi) is 5.62. The van der Waals surface area contributed by atoms with E-state index in [0.29, 0.717) is 11.3 Å². The van der Waals surface area contributed by atoms with Crippen LogP contribution in [0.3, 0.4) is 0 Å². The first-order valence-corrected chi connectivity index (χ1v) is 7.34. The number of aryl methyl sites for hydroxylation is 1. The van der Waals surface area contributed by atoms with Crippen LogP contribution in [0.2, 0.25) is 0 Å². The number of nitrogens with one attached hydrogen (secondary N) is 2. The topological polar surface area (TPSA) is 96.6 Å². The highest BCUT2D eigenvalue weighted by Crippen LogP contribution is 2.12. The van der Waals surface area contributed by atoms with Crippen LogP contribution in [0.5, 0.6) is 0 Å². The maximum Gasteiger partial charge on any atom is 0.269 e. The molecular formula is C17H18N4O3. The van der Waals surface area contributed by atoms with Crippen molar-refractivity contribution in [3.8, 4) is 0 Å². The zero-order chi connectivity index (χ0) is 17.5. The molecule has 0 atom stereocenters. The molecule has 0 aliphatic carbocycles. The van der Waals surface area contributed by atoms with Gasteiger partial charge in [0, 0.05) is 17.8 Å². The van der Waals surface area contributed by atoms with Gasteiger partial charge in [-0.1, -0.05) is 12.1 Å². The fraction of sp³-hybridized carbons (Fsp3) is 0.176. The first-order chi connectivity index (χ1) is 11.5. The lowest BCUT2D eigenvalue weighted by atomic mass is 10.1. The monoisotopic (exact) mass is 326 g/mol. The molecule has 0 unspecified atom stereocenters. The zero-order valence-electron chi connectivity index (χ0n) is 13.4. The Morgan fingerprint density at radius 1 is 1.21 bits per heavy atom. The van der Waals surface area contributed by atoms with Crippen LogP contribution in [0.15, 0.2) is 53.6 Å². The van der Waals surface area contributed by atoms with E-state index in [9.17, 15) is 14.9 Å². The summed E-state index contributed by atoms with van der Waals surface area (Å²) in [5.41, 5.74) is 5.70. The summed E-state index contributed by atoms with van der Waals surface area (Å²) in [6.45, 7) is 3.79. The average molecular weight is 326 g/mol. The molecule has 0 aliphatic heterocycles. The van der Waals surface area contributed by atoms with Gasteiger partial charge in [0.1, 0.15) is 0 Å². The van der Waals surface area contributed by atoms with Gasteiger partial charge in [0.05, 0.1) is 17.2 Å². The average Bonchev–Trinajstić information content (AvgIpc) is 2.58. The van der Waals surface area contributed by atoms with E-state index < -0.39 is 4.92 Å². The normalized spacial score (nSPS) is 11.0. The minimum absolute atomic E-state index is 0.0120. The predicted molar refractivity (Wildman–Crippen MR) is 93.1 cm³/mol. The van der Waals surface area contributed by atoms with Crippen molar-refractivity contribution in [2.45, 2.75) is 13.8 Å². The lowest BCUT2D eigenvalue weighted by Gasteiger charge is -2.06. The van der Waals surface area contributed by atoms with Crippen LogP contribution >= 0.6 is 0 Å². The van der Waals surface area contributed by atoms with Crippen molar-refractivity contribution >= 4 is 23.0 Å². The second kappa shape index (κ2) is 7.87. The molecule has 0 fully saturated rings. The zero-order valence-corrected chi connectivity index (χ0v) is 13.4. The summed E-state index contributed by atoms with van der Waals surface area (Å²) < 4.78 is 0. The summed E-state index contributed by atoms with van der Waals surface area (Å²) in [7, 11) is 0. The Hall–Kier alpha value is -3.22. The maximum atomic E-state index is 11.8. The summed E-state index contributed by atoms with van der Waals surface area (Å²) in [6, 6.07) is 13.7. The van der Waals surface area contributed by atoms with Crippen molar-refractivity contribution in [3.63, 3.8) is 0 Å². The number of hydrazone groups is 1. The number of nitro benzene ring substituents is 1. The molecule has 2 aromatic carbocycles. The first kappa shape index (κ1) is 17.1. The number of hydrogen-bond donors (Lipinski definition) is 2. The molecule has 2 N–H and O–H groups in total. The molecule has 2 rings (SSSR count). The molecule has 0 aromatic heterocycles. The highest BCUT2D eigenvalue weighted by Gasteiger charge is 2.06. The second-order valence-corrected chi connectivity index (χ2v) is 5.26. The number of anilines is 1. The Labute approximate surface area is 139 Å². The molecule has 7 nitrogen and oxygen atoms in total. The number of carbonyl (C=O) groups excluding carboxylic acids is 1. The van der Waals surface area contributed by atoms with Gasteiger partial charge in [-0.2, -0.15) is 5.10 Å². The highest BCUT2D eigenvalue weighted by molar-refractivity contribution is 5.99. The van der Waals surface area contributed by atoms with Gasteiger partial charge >= 0.3 is 0 Å². The summed E-state index contributed by atoms with van der Waals surface area (Å²) in [6.07, 6.45) is 0. The van der Waals surface area contributed by atoms with Crippen molar-refractivity contribution in [3.05, 3.63) is 69.8 Å². The van der Waals surface area contributed by atoms with Gasteiger partial charge in [-0.3, -0.25) is 14.9 Å².